The molecule has 6 heteroatoms. The number of hydrogen-bond acceptors (Lipinski definition) is 4. The Hall–Kier alpha value is -1.95. The van der Waals surface area contributed by atoms with E-state index in [1.165, 1.54) is 0 Å². The van der Waals surface area contributed by atoms with Crippen LogP contribution in [0.2, 0.25) is 0 Å². The van der Waals surface area contributed by atoms with Crippen molar-refractivity contribution in [2.45, 2.75) is 96.7 Å². The molecule has 2 fully saturated rings. The molecule has 1 amide bonds. The summed E-state index contributed by atoms with van der Waals surface area (Å²) in [4.78, 5) is 18.2. The number of nitrogens with one attached hydrogen (secondary N) is 1. The number of carbonyl (C=O) groups is 1. The standard InChI is InChI=1S/C23H34N4O2/c1-14(8-11-17-7-6-12-29-17)24-22(28)18-13-19(16-9-10-16)25-21-20(18)15(2)26-27(21)23(3,4)5/h13-14,16-17H,6-12H2,1-5H3,(H,24,28). The summed E-state index contributed by atoms with van der Waals surface area (Å²) in [5, 5.41) is 8.85. The van der Waals surface area contributed by atoms with Gasteiger partial charge in [0.25, 0.3) is 5.91 Å². The van der Waals surface area contributed by atoms with E-state index in [9.17, 15) is 4.79 Å². The molecule has 0 bridgehead atoms. The second kappa shape index (κ2) is 7.71. The monoisotopic (exact) mass is 398 g/mol. The van der Waals surface area contributed by atoms with Gasteiger partial charge in [-0.25, -0.2) is 9.67 Å². The molecule has 2 aromatic heterocycles. The molecule has 158 valence electrons. The molecule has 0 aromatic carbocycles. The Kier molecular flexibility index (Phi) is 5.40. The van der Waals surface area contributed by atoms with E-state index in [2.05, 4.69) is 33.0 Å². The minimum absolute atomic E-state index is 0.0179. The van der Waals surface area contributed by atoms with Gasteiger partial charge in [-0.15, -0.1) is 0 Å². The second-order valence-electron chi connectivity index (χ2n) is 9.82. The van der Waals surface area contributed by atoms with Crippen LogP contribution in [0.4, 0.5) is 0 Å². The average molecular weight is 399 g/mol. The van der Waals surface area contributed by atoms with Crippen LogP contribution in [0.3, 0.4) is 0 Å². The average Bonchev–Trinajstić information content (AvgIpc) is 3.26. The molecule has 29 heavy (non-hydrogen) atoms. The largest absolute Gasteiger partial charge is 0.378 e. The van der Waals surface area contributed by atoms with Crippen LogP contribution >= 0.6 is 0 Å². The molecule has 3 heterocycles. The highest BCUT2D eigenvalue weighted by molar-refractivity contribution is 6.06. The third-order valence-corrected chi connectivity index (χ3v) is 6.03. The van der Waals surface area contributed by atoms with Crippen LogP contribution < -0.4 is 5.32 Å². The molecule has 1 aliphatic carbocycles. The molecule has 0 spiro atoms. The molecule has 4 rings (SSSR count). The van der Waals surface area contributed by atoms with E-state index in [1.54, 1.807) is 0 Å². The van der Waals surface area contributed by atoms with Crippen LogP contribution in [0, 0.1) is 6.92 Å². The van der Waals surface area contributed by atoms with E-state index in [0.29, 0.717) is 17.6 Å². The fraction of sp³-hybridized carbons (Fsp3) is 0.696. The van der Waals surface area contributed by atoms with Gasteiger partial charge >= 0.3 is 0 Å². The zero-order chi connectivity index (χ0) is 20.8. The van der Waals surface area contributed by atoms with Gasteiger partial charge in [-0.1, -0.05) is 0 Å². The zero-order valence-corrected chi connectivity index (χ0v) is 18.4. The van der Waals surface area contributed by atoms with Crippen molar-refractivity contribution in [1.82, 2.24) is 20.1 Å². The van der Waals surface area contributed by atoms with Crippen molar-refractivity contribution < 1.29 is 9.53 Å². The van der Waals surface area contributed by atoms with Crippen molar-refractivity contribution in [3.63, 3.8) is 0 Å². The summed E-state index contributed by atoms with van der Waals surface area (Å²) in [5.41, 5.74) is 3.25. The van der Waals surface area contributed by atoms with Crippen molar-refractivity contribution in [2.75, 3.05) is 6.61 Å². The van der Waals surface area contributed by atoms with Crippen LogP contribution in [0.25, 0.3) is 11.0 Å². The van der Waals surface area contributed by atoms with E-state index < -0.39 is 0 Å². The van der Waals surface area contributed by atoms with E-state index in [4.69, 9.17) is 14.8 Å². The van der Waals surface area contributed by atoms with Crippen molar-refractivity contribution >= 4 is 16.9 Å². The number of aromatic nitrogens is 3. The maximum Gasteiger partial charge on any atom is 0.252 e. The summed E-state index contributed by atoms with van der Waals surface area (Å²) >= 11 is 0. The predicted molar refractivity (Wildman–Crippen MR) is 114 cm³/mol. The lowest BCUT2D eigenvalue weighted by Gasteiger charge is -2.20. The summed E-state index contributed by atoms with van der Waals surface area (Å²) in [5.74, 6) is 0.460. The highest BCUT2D eigenvalue weighted by Crippen LogP contribution is 2.41. The van der Waals surface area contributed by atoms with Gasteiger partial charge in [0.2, 0.25) is 0 Å². The van der Waals surface area contributed by atoms with Crippen LogP contribution in [0.5, 0.6) is 0 Å². The fourth-order valence-electron chi connectivity index (χ4n) is 4.22. The number of aryl methyl sites for hydroxylation is 1. The molecule has 1 saturated heterocycles. The van der Waals surface area contributed by atoms with E-state index in [0.717, 1.165) is 67.6 Å². The number of hydrogen-bond donors (Lipinski definition) is 1. The van der Waals surface area contributed by atoms with Crippen molar-refractivity contribution in [2.24, 2.45) is 0 Å². The minimum atomic E-state index is -0.190. The maximum absolute atomic E-state index is 13.3. The summed E-state index contributed by atoms with van der Waals surface area (Å²) in [7, 11) is 0. The quantitative estimate of drug-likeness (QED) is 0.780. The molecule has 2 unspecified atom stereocenters. The molecule has 0 radical (unpaired) electrons. The fourth-order valence-corrected chi connectivity index (χ4v) is 4.22. The summed E-state index contributed by atoms with van der Waals surface area (Å²) in [6, 6.07) is 2.11. The first-order valence-electron chi connectivity index (χ1n) is 11.1. The van der Waals surface area contributed by atoms with E-state index in [-0.39, 0.29) is 17.5 Å². The van der Waals surface area contributed by atoms with Gasteiger partial charge in [-0.3, -0.25) is 4.79 Å². The van der Waals surface area contributed by atoms with E-state index >= 15 is 0 Å². The van der Waals surface area contributed by atoms with Crippen LogP contribution in [0.1, 0.15) is 93.9 Å². The van der Waals surface area contributed by atoms with Gasteiger partial charge in [0.15, 0.2) is 5.65 Å². The van der Waals surface area contributed by atoms with Gasteiger partial charge in [0.1, 0.15) is 0 Å². The molecule has 2 aromatic rings. The molecule has 1 N–H and O–H groups in total. The predicted octanol–water partition coefficient (Wildman–Crippen LogP) is 4.45. The smallest absolute Gasteiger partial charge is 0.252 e. The molecule has 6 nitrogen and oxygen atoms in total. The zero-order valence-electron chi connectivity index (χ0n) is 18.4. The van der Waals surface area contributed by atoms with Gasteiger partial charge in [-0.05, 0) is 79.2 Å². The third-order valence-electron chi connectivity index (χ3n) is 6.03. The number of amides is 1. The van der Waals surface area contributed by atoms with Crippen molar-refractivity contribution in [3.05, 3.63) is 23.0 Å². The Morgan fingerprint density at radius 2 is 2.10 bits per heavy atom. The Bertz CT molecular complexity index is 902. The summed E-state index contributed by atoms with van der Waals surface area (Å²) in [6.07, 6.45) is 6.89. The Balaban J connectivity index is 1.61. The highest BCUT2D eigenvalue weighted by Gasteiger charge is 2.30. The minimum Gasteiger partial charge on any atom is -0.378 e. The number of carbonyl (C=O) groups excluding carboxylic acids is 1. The summed E-state index contributed by atoms with van der Waals surface area (Å²) < 4.78 is 7.69. The van der Waals surface area contributed by atoms with Gasteiger partial charge < -0.3 is 10.1 Å². The van der Waals surface area contributed by atoms with Crippen molar-refractivity contribution in [1.29, 1.82) is 0 Å². The molecule has 2 aliphatic rings. The number of fused-ring (bicyclic) bond motifs is 1. The lowest BCUT2D eigenvalue weighted by molar-refractivity contribution is 0.0900. The first-order valence-corrected chi connectivity index (χ1v) is 11.1. The lowest BCUT2D eigenvalue weighted by Crippen LogP contribution is -2.33. The van der Waals surface area contributed by atoms with Crippen LogP contribution in [-0.4, -0.2) is 39.4 Å². The van der Waals surface area contributed by atoms with Gasteiger partial charge in [0, 0.05) is 24.3 Å². The number of ether oxygens (including phenoxy) is 1. The van der Waals surface area contributed by atoms with Gasteiger partial charge in [-0.2, -0.15) is 5.10 Å². The SMILES string of the molecule is Cc1nn(C(C)(C)C)c2nc(C3CC3)cc(C(=O)NC(C)CCC3CCCO3)c12. The molecule has 2 atom stereocenters. The Morgan fingerprint density at radius 3 is 2.72 bits per heavy atom. The lowest BCUT2D eigenvalue weighted by atomic mass is 10.0. The topological polar surface area (TPSA) is 69.0 Å². The van der Waals surface area contributed by atoms with Crippen LogP contribution in [-0.2, 0) is 10.3 Å². The number of nitrogens with zero attached hydrogens (tertiary/aromatic N) is 3. The molecular formula is C23H34N4O2. The highest BCUT2D eigenvalue weighted by atomic mass is 16.5. The van der Waals surface area contributed by atoms with Gasteiger partial charge in [0.05, 0.1) is 28.3 Å². The third kappa shape index (κ3) is 4.32. The number of rotatable bonds is 6. The molecular weight excluding hydrogens is 364 g/mol. The maximum atomic E-state index is 13.3. The molecule has 1 saturated carbocycles. The Labute approximate surface area is 173 Å². The normalized spacial score (nSPS) is 20.9. The first kappa shape index (κ1) is 20.3. The summed E-state index contributed by atoms with van der Waals surface area (Å²) in [6.45, 7) is 11.3. The van der Waals surface area contributed by atoms with E-state index in [1.807, 2.05) is 17.7 Å². The number of pyridine rings is 1. The van der Waals surface area contributed by atoms with Crippen LogP contribution in [0.15, 0.2) is 6.07 Å². The Morgan fingerprint density at radius 1 is 1.34 bits per heavy atom. The van der Waals surface area contributed by atoms with Crippen molar-refractivity contribution in [3.8, 4) is 0 Å². The molecule has 1 aliphatic heterocycles. The first-order chi connectivity index (χ1) is 13.7. The second-order valence-corrected chi connectivity index (χ2v) is 9.82.